The molecule has 92 valence electrons. The second kappa shape index (κ2) is 4.02. The number of rotatable bonds is 4. The van der Waals surface area contributed by atoms with Crippen molar-refractivity contribution in [2.75, 3.05) is 25.0 Å². The third kappa shape index (κ3) is 2.19. The molecule has 2 atom stereocenters. The van der Waals surface area contributed by atoms with Crippen LogP contribution in [0.4, 0.5) is 5.69 Å². The summed E-state index contributed by atoms with van der Waals surface area (Å²) in [6.07, 6.45) is 1.39. The normalized spacial score (nSPS) is 28.6. The molecule has 2 nitrogen and oxygen atoms in total. The van der Waals surface area contributed by atoms with Crippen molar-refractivity contribution in [2.24, 2.45) is 11.3 Å². The van der Waals surface area contributed by atoms with E-state index in [0.717, 1.165) is 19.0 Å². The number of para-hydroxylation sites is 1. The fourth-order valence-electron chi connectivity index (χ4n) is 2.90. The van der Waals surface area contributed by atoms with Gasteiger partial charge in [0.15, 0.2) is 0 Å². The van der Waals surface area contributed by atoms with Crippen molar-refractivity contribution >= 4 is 5.69 Å². The van der Waals surface area contributed by atoms with Crippen LogP contribution in [0.1, 0.15) is 31.7 Å². The molecule has 17 heavy (non-hydrogen) atoms. The quantitative estimate of drug-likeness (QED) is 0.831. The van der Waals surface area contributed by atoms with Crippen LogP contribution in [-0.2, 0) is 0 Å². The van der Waals surface area contributed by atoms with Gasteiger partial charge in [0, 0.05) is 24.7 Å². The Hall–Kier alpha value is -1.02. The van der Waals surface area contributed by atoms with Gasteiger partial charge in [-0.1, -0.05) is 32.0 Å². The summed E-state index contributed by atoms with van der Waals surface area (Å²) < 4.78 is 0. The van der Waals surface area contributed by atoms with Crippen LogP contribution in [0.25, 0.3) is 0 Å². The van der Waals surface area contributed by atoms with E-state index in [9.17, 15) is 0 Å². The van der Waals surface area contributed by atoms with Crippen LogP contribution in [0.15, 0.2) is 24.3 Å². The molecule has 2 heteroatoms. The van der Waals surface area contributed by atoms with Crippen molar-refractivity contribution in [3.8, 4) is 0 Å². The predicted octanol–water partition coefficient (Wildman–Crippen LogP) is 2.83. The molecule has 2 unspecified atom stereocenters. The fourth-order valence-corrected chi connectivity index (χ4v) is 2.90. The molecule has 0 aromatic heterocycles. The molecule has 0 spiro atoms. The van der Waals surface area contributed by atoms with Gasteiger partial charge >= 0.3 is 0 Å². The van der Waals surface area contributed by atoms with Crippen LogP contribution >= 0.6 is 0 Å². The minimum atomic E-state index is 0.596. The number of benzene rings is 1. The molecule has 1 aromatic rings. The van der Waals surface area contributed by atoms with Crippen LogP contribution in [0, 0.1) is 11.3 Å². The van der Waals surface area contributed by atoms with Crippen molar-refractivity contribution in [1.29, 1.82) is 0 Å². The van der Waals surface area contributed by atoms with E-state index in [1.165, 1.54) is 24.2 Å². The Kier molecular flexibility index (Phi) is 2.62. The number of nitrogens with one attached hydrogen (secondary N) is 2. The molecule has 2 aliphatic rings. The molecule has 0 saturated heterocycles. The molecule has 1 aliphatic heterocycles. The van der Waals surface area contributed by atoms with Gasteiger partial charge in [0.05, 0.1) is 0 Å². The highest BCUT2D eigenvalue weighted by Crippen LogP contribution is 2.51. The molecule has 2 N–H and O–H groups in total. The van der Waals surface area contributed by atoms with Crippen LogP contribution in [0.5, 0.6) is 0 Å². The van der Waals surface area contributed by atoms with Crippen LogP contribution in [-0.4, -0.2) is 19.6 Å². The summed E-state index contributed by atoms with van der Waals surface area (Å²) >= 11 is 0. The Balaban J connectivity index is 1.51. The van der Waals surface area contributed by atoms with E-state index in [2.05, 4.69) is 48.7 Å². The van der Waals surface area contributed by atoms with Gasteiger partial charge in [0.2, 0.25) is 0 Å². The van der Waals surface area contributed by atoms with Gasteiger partial charge in [0.1, 0.15) is 0 Å². The maximum absolute atomic E-state index is 3.65. The Morgan fingerprint density at radius 1 is 1.29 bits per heavy atom. The molecule has 0 bridgehead atoms. The molecule has 1 heterocycles. The van der Waals surface area contributed by atoms with Crippen molar-refractivity contribution < 1.29 is 0 Å². The summed E-state index contributed by atoms with van der Waals surface area (Å²) in [7, 11) is 0. The highest BCUT2D eigenvalue weighted by Gasteiger charge is 2.44. The van der Waals surface area contributed by atoms with Gasteiger partial charge in [0.25, 0.3) is 0 Å². The van der Waals surface area contributed by atoms with Crippen molar-refractivity contribution in [1.82, 2.24) is 5.32 Å². The number of hydrogen-bond donors (Lipinski definition) is 2. The highest BCUT2D eigenvalue weighted by atomic mass is 15.0. The van der Waals surface area contributed by atoms with E-state index >= 15 is 0 Å². The largest absolute Gasteiger partial charge is 0.384 e. The monoisotopic (exact) mass is 230 g/mol. The first-order valence-corrected chi connectivity index (χ1v) is 6.70. The lowest BCUT2D eigenvalue weighted by molar-refractivity contribution is 0.507. The number of hydrogen-bond acceptors (Lipinski definition) is 2. The fraction of sp³-hybridized carbons (Fsp3) is 0.600. The first-order valence-electron chi connectivity index (χ1n) is 6.70. The third-order valence-electron chi connectivity index (χ3n) is 4.44. The Bertz CT molecular complexity index is 411. The SMILES string of the molecule is CC1(C)CC1CNCC1CNc2ccccc21. The third-order valence-corrected chi connectivity index (χ3v) is 4.44. The molecule has 3 rings (SSSR count). The molecule has 1 fully saturated rings. The molecular weight excluding hydrogens is 208 g/mol. The molecule has 1 saturated carbocycles. The topological polar surface area (TPSA) is 24.1 Å². The average molecular weight is 230 g/mol. The molecular formula is C15H22N2. The number of anilines is 1. The van der Waals surface area contributed by atoms with E-state index in [4.69, 9.17) is 0 Å². The standard InChI is InChI=1S/C15H22N2/c1-15(2)7-12(15)10-16-8-11-9-17-14-6-4-3-5-13(11)14/h3-6,11-12,16-17H,7-10H2,1-2H3. The van der Waals surface area contributed by atoms with Crippen molar-refractivity contribution in [3.63, 3.8) is 0 Å². The van der Waals surface area contributed by atoms with E-state index in [-0.39, 0.29) is 0 Å². The summed E-state index contributed by atoms with van der Waals surface area (Å²) in [5.74, 6) is 1.54. The van der Waals surface area contributed by atoms with Gasteiger partial charge in [-0.3, -0.25) is 0 Å². The first kappa shape index (κ1) is 11.1. The first-order chi connectivity index (χ1) is 8.17. The molecule has 0 amide bonds. The Labute approximate surface area is 104 Å². The van der Waals surface area contributed by atoms with Crippen molar-refractivity contribution in [3.05, 3.63) is 29.8 Å². The minimum Gasteiger partial charge on any atom is -0.384 e. The summed E-state index contributed by atoms with van der Waals surface area (Å²) in [5.41, 5.74) is 3.40. The maximum Gasteiger partial charge on any atom is 0.0376 e. The van der Waals surface area contributed by atoms with Gasteiger partial charge in [-0.15, -0.1) is 0 Å². The van der Waals surface area contributed by atoms with Gasteiger partial charge in [-0.2, -0.15) is 0 Å². The van der Waals surface area contributed by atoms with Gasteiger partial charge in [-0.25, -0.2) is 0 Å². The highest BCUT2D eigenvalue weighted by molar-refractivity contribution is 5.57. The van der Waals surface area contributed by atoms with Crippen LogP contribution in [0.2, 0.25) is 0 Å². The number of fused-ring (bicyclic) bond motifs is 1. The van der Waals surface area contributed by atoms with Crippen molar-refractivity contribution in [2.45, 2.75) is 26.2 Å². The summed E-state index contributed by atoms with van der Waals surface area (Å²) in [6, 6.07) is 8.68. The van der Waals surface area contributed by atoms with E-state index in [1.54, 1.807) is 0 Å². The maximum atomic E-state index is 3.65. The summed E-state index contributed by atoms with van der Waals surface area (Å²) in [5, 5.41) is 7.13. The summed E-state index contributed by atoms with van der Waals surface area (Å²) in [6.45, 7) is 8.11. The molecule has 0 radical (unpaired) electrons. The second-order valence-electron chi connectivity index (χ2n) is 6.21. The average Bonchev–Trinajstić information content (AvgIpc) is 2.74. The zero-order chi connectivity index (χ0) is 11.9. The molecule has 1 aliphatic carbocycles. The van der Waals surface area contributed by atoms with Gasteiger partial charge in [-0.05, 0) is 35.9 Å². The lowest BCUT2D eigenvalue weighted by Gasteiger charge is -2.12. The smallest absolute Gasteiger partial charge is 0.0376 e. The zero-order valence-corrected chi connectivity index (χ0v) is 10.8. The van der Waals surface area contributed by atoms with Gasteiger partial charge < -0.3 is 10.6 Å². The minimum absolute atomic E-state index is 0.596. The lowest BCUT2D eigenvalue weighted by atomic mass is 10.0. The van der Waals surface area contributed by atoms with Crippen LogP contribution < -0.4 is 10.6 Å². The Morgan fingerprint density at radius 2 is 2.06 bits per heavy atom. The van der Waals surface area contributed by atoms with Crippen LogP contribution in [0.3, 0.4) is 0 Å². The zero-order valence-electron chi connectivity index (χ0n) is 10.8. The Morgan fingerprint density at radius 3 is 2.82 bits per heavy atom. The second-order valence-corrected chi connectivity index (χ2v) is 6.21. The molecule has 1 aromatic carbocycles. The summed E-state index contributed by atoms with van der Waals surface area (Å²) in [4.78, 5) is 0. The van der Waals surface area contributed by atoms with E-state index in [1.807, 2.05) is 0 Å². The van der Waals surface area contributed by atoms with E-state index < -0.39 is 0 Å². The predicted molar refractivity (Wildman–Crippen MR) is 72.4 cm³/mol. The van der Waals surface area contributed by atoms with E-state index in [0.29, 0.717) is 11.3 Å². The lowest BCUT2D eigenvalue weighted by Crippen LogP contribution is -2.25.